The number of aryl methyl sites for hydroxylation is 1. The van der Waals surface area contributed by atoms with E-state index >= 15 is 0 Å². The molecule has 0 fully saturated rings. The van der Waals surface area contributed by atoms with Gasteiger partial charge in [-0.25, -0.2) is 14.4 Å². The number of hydrogen-bond donors (Lipinski definition) is 3. The zero-order valence-corrected chi connectivity index (χ0v) is 20.6. The molecule has 0 aliphatic rings. The summed E-state index contributed by atoms with van der Waals surface area (Å²) in [5, 5.41) is 15.8. The van der Waals surface area contributed by atoms with E-state index < -0.39 is 0 Å². The van der Waals surface area contributed by atoms with Gasteiger partial charge in [-0.2, -0.15) is 10.2 Å². The zero-order chi connectivity index (χ0) is 25.5. The first-order valence-electron chi connectivity index (χ1n) is 11.8. The number of fused-ring (bicyclic) bond motifs is 2. The van der Waals surface area contributed by atoms with Crippen LogP contribution < -0.4 is 5.32 Å². The first-order valence-corrected chi connectivity index (χ1v) is 11.8. The van der Waals surface area contributed by atoms with Crippen molar-refractivity contribution in [2.75, 3.05) is 32.5 Å². The van der Waals surface area contributed by atoms with Gasteiger partial charge in [-0.3, -0.25) is 14.8 Å². The van der Waals surface area contributed by atoms with E-state index in [9.17, 15) is 4.39 Å². The molecule has 0 aliphatic heterocycles. The summed E-state index contributed by atoms with van der Waals surface area (Å²) in [6, 6.07) is 8.71. The first-order chi connectivity index (χ1) is 17.9. The molecule has 10 nitrogen and oxygen atoms in total. The van der Waals surface area contributed by atoms with Gasteiger partial charge < -0.3 is 15.2 Å². The van der Waals surface area contributed by atoms with Gasteiger partial charge in [-0.15, -0.1) is 0 Å². The summed E-state index contributed by atoms with van der Waals surface area (Å²) in [6.07, 6.45) is 7.21. The lowest BCUT2D eigenvalue weighted by Crippen LogP contribution is -2.20. The van der Waals surface area contributed by atoms with Gasteiger partial charge in [0.15, 0.2) is 11.5 Å². The molecule has 5 heterocycles. The number of imidazole rings is 1. The van der Waals surface area contributed by atoms with Crippen molar-refractivity contribution in [2.45, 2.75) is 0 Å². The summed E-state index contributed by atoms with van der Waals surface area (Å²) in [4.78, 5) is 19.3. The van der Waals surface area contributed by atoms with Gasteiger partial charge in [-0.05, 0) is 44.4 Å². The van der Waals surface area contributed by atoms with E-state index in [1.807, 2.05) is 45.5 Å². The Bertz CT molecular complexity index is 1730. The lowest BCUT2D eigenvalue weighted by Gasteiger charge is -2.12. The van der Waals surface area contributed by atoms with Crippen LogP contribution in [-0.2, 0) is 7.05 Å². The smallest absolute Gasteiger partial charge is 0.159 e. The first kappa shape index (κ1) is 22.8. The molecule has 6 aromatic rings. The number of hydrogen-bond acceptors (Lipinski definition) is 7. The number of likely N-dealkylation sites (N-methyl/N-ethyl adjacent to an activating group) is 1. The minimum Gasteiger partial charge on any atom is -0.384 e. The number of benzene rings is 1. The second-order valence-electron chi connectivity index (χ2n) is 9.19. The summed E-state index contributed by atoms with van der Waals surface area (Å²) >= 11 is 0. The Morgan fingerprint density at radius 3 is 2.73 bits per heavy atom. The van der Waals surface area contributed by atoms with E-state index in [2.05, 4.69) is 40.5 Å². The number of rotatable bonds is 7. The highest BCUT2D eigenvalue weighted by Crippen LogP contribution is 2.32. The third-order valence-corrected chi connectivity index (χ3v) is 6.14. The third-order valence-electron chi connectivity index (χ3n) is 6.14. The number of aromatic amines is 2. The molecule has 3 N–H and O–H groups in total. The van der Waals surface area contributed by atoms with E-state index in [1.165, 1.54) is 12.1 Å². The van der Waals surface area contributed by atoms with Crippen LogP contribution in [0.5, 0.6) is 0 Å². The average molecular weight is 497 g/mol. The summed E-state index contributed by atoms with van der Waals surface area (Å²) in [5.74, 6) is 0.230. The highest BCUT2D eigenvalue weighted by molar-refractivity contribution is 5.96. The van der Waals surface area contributed by atoms with Crippen LogP contribution in [0.25, 0.3) is 56.0 Å². The molecule has 0 aliphatic carbocycles. The molecule has 11 heteroatoms. The van der Waals surface area contributed by atoms with Crippen LogP contribution in [0.4, 0.5) is 10.1 Å². The largest absolute Gasteiger partial charge is 0.384 e. The van der Waals surface area contributed by atoms with Crippen molar-refractivity contribution in [3.8, 4) is 33.9 Å². The van der Waals surface area contributed by atoms with Gasteiger partial charge >= 0.3 is 0 Å². The number of anilines is 1. The fraction of sp³-hybridized carbons (Fsp3) is 0.192. The van der Waals surface area contributed by atoms with E-state index in [0.29, 0.717) is 46.2 Å². The molecule has 0 radical (unpaired) electrons. The molecule has 0 bridgehead atoms. The molecule has 1 aromatic carbocycles. The van der Waals surface area contributed by atoms with Gasteiger partial charge in [0.2, 0.25) is 0 Å². The lowest BCUT2D eigenvalue weighted by molar-refractivity contribution is 0.425. The van der Waals surface area contributed by atoms with Gasteiger partial charge in [0.1, 0.15) is 17.0 Å². The van der Waals surface area contributed by atoms with Gasteiger partial charge in [-0.1, -0.05) is 0 Å². The summed E-state index contributed by atoms with van der Waals surface area (Å²) in [6.45, 7) is 1.53. The second-order valence-corrected chi connectivity index (χ2v) is 9.19. The maximum atomic E-state index is 14.5. The van der Waals surface area contributed by atoms with E-state index in [0.717, 1.165) is 28.6 Å². The Balaban J connectivity index is 1.40. The van der Waals surface area contributed by atoms with E-state index in [-0.39, 0.29) is 5.82 Å². The fourth-order valence-corrected chi connectivity index (χ4v) is 4.32. The fourth-order valence-electron chi connectivity index (χ4n) is 4.32. The molecule has 0 saturated heterocycles. The Hall–Kier alpha value is -4.64. The minimum atomic E-state index is -0.341. The third kappa shape index (κ3) is 4.40. The van der Waals surface area contributed by atoms with Gasteiger partial charge in [0.05, 0.1) is 22.8 Å². The maximum Gasteiger partial charge on any atom is 0.159 e. The van der Waals surface area contributed by atoms with Crippen molar-refractivity contribution in [1.82, 2.24) is 44.8 Å². The number of nitrogens with one attached hydrogen (secondary N) is 3. The summed E-state index contributed by atoms with van der Waals surface area (Å²) in [7, 11) is 5.87. The highest BCUT2D eigenvalue weighted by Gasteiger charge is 2.18. The standard InChI is InChI=1S/C26H25FN10/c1-36(2)7-6-28-19-9-15(8-18(27)11-19)22-24-21(4-5-29-22)32-26(33-24)23-20-10-16(12-30-25(20)35-34-23)17-13-31-37(3)14-17/h4-5,8-14,28H,6-7H2,1-3H3,(H,32,33)(H,30,34,35). The van der Waals surface area contributed by atoms with Gasteiger partial charge in [0, 0.05) is 61.1 Å². The number of H-pyrrole nitrogens is 2. The molecule has 5 aromatic heterocycles. The lowest BCUT2D eigenvalue weighted by atomic mass is 10.1. The number of nitrogens with zero attached hydrogens (tertiary/aromatic N) is 7. The summed E-state index contributed by atoms with van der Waals surface area (Å²) in [5.41, 5.74) is 6.51. The van der Waals surface area contributed by atoms with Crippen molar-refractivity contribution in [3.05, 3.63) is 60.9 Å². The van der Waals surface area contributed by atoms with E-state index in [1.54, 1.807) is 23.3 Å². The Labute approximate surface area is 211 Å². The molecule has 0 atom stereocenters. The predicted molar refractivity (Wildman–Crippen MR) is 141 cm³/mol. The van der Waals surface area contributed by atoms with Crippen LogP contribution in [0.2, 0.25) is 0 Å². The quantitative estimate of drug-likeness (QED) is 0.305. The van der Waals surface area contributed by atoms with Gasteiger partial charge in [0.25, 0.3) is 0 Å². The topological polar surface area (TPSA) is 116 Å². The molecular weight excluding hydrogens is 471 g/mol. The van der Waals surface area contributed by atoms with Crippen LogP contribution >= 0.6 is 0 Å². The van der Waals surface area contributed by atoms with Crippen LogP contribution in [-0.4, -0.2) is 72.0 Å². The minimum absolute atomic E-state index is 0.341. The predicted octanol–water partition coefficient (Wildman–Crippen LogP) is 4.08. The molecule has 0 unspecified atom stereocenters. The van der Waals surface area contributed by atoms with Crippen molar-refractivity contribution < 1.29 is 4.39 Å². The molecule has 186 valence electrons. The normalized spacial score (nSPS) is 11.7. The Morgan fingerprint density at radius 2 is 1.92 bits per heavy atom. The highest BCUT2D eigenvalue weighted by atomic mass is 19.1. The van der Waals surface area contributed by atoms with Crippen LogP contribution in [0, 0.1) is 5.82 Å². The molecule has 37 heavy (non-hydrogen) atoms. The summed E-state index contributed by atoms with van der Waals surface area (Å²) < 4.78 is 16.3. The molecule has 6 rings (SSSR count). The second kappa shape index (κ2) is 9.10. The number of pyridine rings is 2. The van der Waals surface area contributed by atoms with Crippen molar-refractivity contribution in [2.24, 2.45) is 7.05 Å². The molecule has 0 spiro atoms. The number of aromatic nitrogens is 8. The van der Waals surface area contributed by atoms with Crippen molar-refractivity contribution in [3.63, 3.8) is 0 Å². The van der Waals surface area contributed by atoms with Crippen molar-refractivity contribution in [1.29, 1.82) is 0 Å². The van der Waals surface area contributed by atoms with Crippen LogP contribution in [0.15, 0.2) is 55.1 Å². The maximum absolute atomic E-state index is 14.5. The monoisotopic (exact) mass is 496 g/mol. The van der Waals surface area contributed by atoms with Crippen LogP contribution in [0.1, 0.15) is 0 Å². The van der Waals surface area contributed by atoms with Crippen molar-refractivity contribution >= 4 is 27.8 Å². The molecule has 0 saturated carbocycles. The molecular formula is C26H25FN10. The Kier molecular flexibility index (Phi) is 5.61. The zero-order valence-electron chi connectivity index (χ0n) is 20.6. The number of halogens is 1. The average Bonchev–Trinajstić information content (AvgIpc) is 3.60. The molecule has 0 amide bonds. The van der Waals surface area contributed by atoms with E-state index in [4.69, 9.17) is 4.98 Å². The SMILES string of the molecule is CN(C)CCNc1cc(F)cc(-c2nccc3[nH]c(-c4n[nH]c5ncc(-c6cnn(C)c6)cc45)nc23)c1. The van der Waals surface area contributed by atoms with Crippen LogP contribution in [0.3, 0.4) is 0 Å². The Morgan fingerprint density at radius 1 is 1.03 bits per heavy atom.